The number of likely N-dealkylation sites (tertiary alicyclic amines) is 1. The van der Waals surface area contributed by atoms with Gasteiger partial charge in [-0.05, 0) is 47.2 Å². The number of fused-ring (bicyclic) bond motifs is 1. The highest BCUT2D eigenvalue weighted by Crippen LogP contribution is 2.35. The number of pyridine rings is 1. The first-order valence-electron chi connectivity index (χ1n) is 13.7. The summed E-state index contributed by atoms with van der Waals surface area (Å²) in [5.41, 5.74) is -0.464. The van der Waals surface area contributed by atoms with Crippen LogP contribution in [0, 0.1) is 5.82 Å². The number of hydrogen-bond acceptors (Lipinski definition) is 5. The molecule has 0 saturated carbocycles. The van der Waals surface area contributed by atoms with Crippen LogP contribution in [0.3, 0.4) is 0 Å². The Balaban J connectivity index is 1.86. The third kappa shape index (κ3) is 4.97. The molecule has 2 aromatic heterocycles. The van der Waals surface area contributed by atoms with E-state index in [-0.39, 0.29) is 64.8 Å². The van der Waals surface area contributed by atoms with Crippen LogP contribution in [0.2, 0.25) is 5.02 Å². The topological polar surface area (TPSA) is 97.4 Å². The second-order valence-corrected chi connectivity index (χ2v) is 11.8. The molecule has 10 heteroatoms. The minimum Gasteiger partial charge on any atom is -0.384 e. The quantitative estimate of drug-likeness (QED) is 0.241. The molecule has 218 valence electrons. The molecule has 0 aliphatic carbocycles. The van der Waals surface area contributed by atoms with Gasteiger partial charge >= 0.3 is 11.1 Å². The van der Waals surface area contributed by atoms with Crippen molar-refractivity contribution in [3.63, 3.8) is 0 Å². The Hall–Kier alpha value is -4.08. The molecule has 1 fully saturated rings. The minimum absolute atomic E-state index is 0.00881. The molecule has 0 unspecified atom stereocenters. The van der Waals surface area contributed by atoms with Crippen molar-refractivity contribution in [2.45, 2.75) is 51.7 Å². The maximum absolute atomic E-state index is 15.0. The van der Waals surface area contributed by atoms with Crippen LogP contribution < -0.4 is 11.1 Å². The van der Waals surface area contributed by atoms with Crippen molar-refractivity contribution in [3.8, 4) is 16.9 Å². The molecule has 3 heterocycles. The lowest BCUT2D eigenvalue weighted by Gasteiger charge is -2.46. The lowest BCUT2D eigenvalue weighted by molar-refractivity contribution is -0.152. The predicted molar refractivity (Wildman–Crippen MR) is 162 cm³/mol. The fourth-order valence-electron chi connectivity index (χ4n) is 5.57. The summed E-state index contributed by atoms with van der Waals surface area (Å²) in [6.07, 6.45) is 1.15. The van der Waals surface area contributed by atoms with Gasteiger partial charge in [0.25, 0.3) is 0 Å². The summed E-state index contributed by atoms with van der Waals surface area (Å²) in [5, 5.41) is 11.3. The number of amides is 1. The second-order valence-electron chi connectivity index (χ2n) is 11.4. The number of carbonyl (C=O) groups is 1. The molecular weight excluding hydrogens is 559 g/mol. The number of nitrogens with zero attached hydrogens (tertiary/aromatic N) is 4. The van der Waals surface area contributed by atoms with E-state index in [9.17, 15) is 23.9 Å². The second kappa shape index (κ2) is 11.0. The number of aromatic nitrogens is 3. The van der Waals surface area contributed by atoms with Crippen molar-refractivity contribution >= 4 is 28.7 Å². The molecule has 5 rings (SSSR count). The molecule has 1 amide bonds. The van der Waals surface area contributed by atoms with Crippen molar-refractivity contribution in [3.05, 3.63) is 104 Å². The Morgan fingerprint density at radius 1 is 1.07 bits per heavy atom. The zero-order valence-corrected chi connectivity index (χ0v) is 24.7. The van der Waals surface area contributed by atoms with Crippen LogP contribution in [0.5, 0.6) is 0 Å². The van der Waals surface area contributed by atoms with Gasteiger partial charge in [-0.1, -0.05) is 76.2 Å². The average Bonchev–Trinajstić information content (AvgIpc) is 2.94. The molecule has 42 heavy (non-hydrogen) atoms. The molecule has 4 aromatic rings. The van der Waals surface area contributed by atoms with E-state index in [1.165, 1.54) is 27.7 Å². The summed E-state index contributed by atoms with van der Waals surface area (Å²) in [6.45, 7) is 11.1. The fourth-order valence-corrected chi connectivity index (χ4v) is 5.82. The van der Waals surface area contributed by atoms with E-state index in [0.717, 1.165) is 21.8 Å². The van der Waals surface area contributed by atoms with Crippen LogP contribution in [0.25, 0.3) is 28.1 Å². The first kappa shape index (κ1) is 29.4. The standard InChI is InChI=1S/C32H32ClFN4O4/c1-6-26(39)36-15-32(42,16-36)17-37-25-14-23(33)27(22-10-7-8-13-24(22)34)35-29(25)38(31(41)30(37)40)28-20(18(2)3)11-9-12-21(28)19(4)5/h6-14,18-19,42H,1,15-17H2,2-5H3. The van der Waals surface area contributed by atoms with E-state index in [1.54, 1.807) is 12.1 Å². The Labute approximate surface area is 247 Å². The zero-order valence-electron chi connectivity index (χ0n) is 23.9. The number of aliphatic hydroxyl groups is 1. The Bertz CT molecular complexity index is 1830. The Morgan fingerprint density at radius 2 is 1.69 bits per heavy atom. The summed E-state index contributed by atoms with van der Waals surface area (Å²) in [6, 6.07) is 13.2. The Kier molecular flexibility index (Phi) is 7.68. The van der Waals surface area contributed by atoms with Crippen LogP contribution in [0.1, 0.15) is 50.7 Å². The fraction of sp³-hybridized carbons (Fsp3) is 0.312. The van der Waals surface area contributed by atoms with Gasteiger partial charge in [0, 0.05) is 5.56 Å². The summed E-state index contributed by atoms with van der Waals surface area (Å²) in [7, 11) is 0. The summed E-state index contributed by atoms with van der Waals surface area (Å²) in [4.78, 5) is 46.1. The Morgan fingerprint density at radius 3 is 2.26 bits per heavy atom. The van der Waals surface area contributed by atoms with E-state index in [0.29, 0.717) is 5.69 Å². The highest BCUT2D eigenvalue weighted by atomic mass is 35.5. The normalized spacial score (nSPS) is 14.5. The van der Waals surface area contributed by atoms with E-state index in [2.05, 4.69) is 6.58 Å². The number of benzene rings is 2. The summed E-state index contributed by atoms with van der Waals surface area (Å²) in [5.74, 6) is -0.913. The molecule has 0 bridgehead atoms. The first-order valence-corrected chi connectivity index (χ1v) is 14.1. The molecule has 1 aliphatic rings. The van der Waals surface area contributed by atoms with Crippen molar-refractivity contribution in [1.29, 1.82) is 0 Å². The van der Waals surface area contributed by atoms with E-state index in [1.807, 2.05) is 45.9 Å². The van der Waals surface area contributed by atoms with Gasteiger partial charge in [0.05, 0.1) is 41.6 Å². The predicted octanol–water partition coefficient (Wildman–Crippen LogP) is 5.01. The van der Waals surface area contributed by atoms with Gasteiger partial charge < -0.3 is 10.0 Å². The van der Waals surface area contributed by atoms with E-state index in [4.69, 9.17) is 16.6 Å². The van der Waals surface area contributed by atoms with Crippen LogP contribution in [-0.4, -0.2) is 48.7 Å². The lowest BCUT2D eigenvalue weighted by atomic mass is 9.92. The van der Waals surface area contributed by atoms with Crippen molar-refractivity contribution in [2.24, 2.45) is 0 Å². The van der Waals surface area contributed by atoms with Gasteiger partial charge in [0.1, 0.15) is 11.4 Å². The highest BCUT2D eigenvalue weighted by Gasteiger charge is 2.44. The smallest absolute Gasteiger partial charge is 0.322 e. The molecule has 8 nitrogen and oxygen atoms in total. The van der Waals surface area contributed by atoms with E-state index >= 15 is 0 Å². The molecule has 1 N–H and O–H groups in total. The molecule has 0 radical (unpaired) electrons. The maximum Gasteiger partial charge on any atom is 0.322 e. The number of halogens is 2. The number of rotatable bonds is 7. The third-order valence-electron chi connectivity index (χ3n) is 7.67. The zero-order chi connectivity index (χ0) is 30.5. The molecule has 1 aliphatic heterocycles. The third-order valence-corrected chi connectivity index (χ3v) is 7.96. The minimum atomic E-state index is -1.47. The van der Waals surface area contributed by atoms with Crippen molar-refractivity contribution < 1.29 is 14.3 Å². The molecular formula is C32H32ClFN4O4. The number of hydrogen-bond donors (Lipinski definition) is 1. The highest BCUT2D eigenvalue weighted by molar-refractivity contribution is 6.33. The number of carbonyl (C=O) groups excluding carboxylic acids is 1. The van der Waals surface area contributed by atoms with Gasteiger partial charge in [-0.3, -0.25) is 23.5 Å². The van der Waals surface area contributed by atoms with E-state index < -0.39 is 22.5 Å². The van der Waals surface area contributed by atoms with Crippen LogP contribution in [-0.2, 0) is 11.3 Å². The van der Waals surface area contributed by atoms with Crippen LogP contribution in [0.15, 0.2) is 70.8 Å². The maximum atomic E-state index is 15.0. The van der Waals surface area contributed by atoms with Crippen LogP contribution in [0.4, 0.5) is 4.39 Å². The van der Waals surface area contributed by atoms with Gasteiger partial charge in [-0.2, -0.15) is 0 Å². The van der Waals surface area contributed by atoms with Crippen molar-refractivity contribution in [1.82, 2.24) is 19.0 Å². The van der Waals surface area contributed by atoms with Gasteiger partial charge in [-0.15, -0.1) is 0 Å². The van der Waals surface area contributed by atoms with Gasteiger partial charge in [0.15, 0.2) is 5.65 Å². The SMILES string of the molecule is C=CC(=O)N1CC(O)(Cn2c(=O)c(=O)n(-c3c(C(C)C)cccc3C(C)C)c3nc(-c4ccccc4F)c(Cl)cc32)C1. The molecule has 0 atom stereocenters. The van der Waals surface area contributed by atoms with Gasteiger partial charge in [-0.25, -0.2) is 9.37 Å². The molecule has 0 spiro atoms. The number of β-amino-alcohol motifs (C(OH)–C–C–N with tert-alkyl or cyclic N) is 1. The lowest BCUT2D eigenvalue weighted by Crippen LogP contribution is -2.66. The first-order chi connectivity index (χ1) is 19.9. The van der Waals surface area contributed by atoms with Crippen molar-refractivity contribution in [2.75, 3.05) is 13.1 Å². The average molecular weight is 591 g/mol. The molecule has 1 saturated heterocycles. The largest absolute Gasteiger partial charge is 0.384 e. The monoisotopic (exact) mass is 590 g/mol. The van der Waals surface area contributed by atoms with Crippen LogP contribution >= 0.6 is 11.6 Å². The number of para-hydroxylation sites is 1. The molecule has 2 aromatic carbocycles. The summed E-state index contributed by atoms with van der Waals surface area (Å²) < 4.78 is 17.4. The summed E-state index contributed by atoms with van der Waals surface area (Å²) >= 11 is 6.68. The van der Waals surface area contributed by atoms with Gasteiger partial charge in [0.2, 0.25) is 5.91 Å².